The van der Waals surface area contributed by atoms with Gasteiger partial charge >= 0.3 is 0 Å². The number of amides is 2. The lowest BCUT2D eigenvalue weighted by molar-refractivity contribution is 0.0921. The highest BCUT2D eigenvalue weighted by Gasteiger charge is 2.22. The molecule has 0 saturated carbocycles. The Morgan fingerprint density at radius 1 is 1.14 bits per heavy atom. The molecule has 0 aliphatic heterocycles. The van der Waals surface area contributed by atoms with E-state index < -0.39 is 5.91 Å². The minimum absolute atomic E-state index is 0.110. The van der Waals surface area contributed by atoms with Gasteiger partial charge in [-0.15, -0.1) is 11.3 Å². The van der Waals surface area contributed by atoms with Gasteiger partial charge in [-0.1, -0.05) is 23.7 Å². The summed E-state index contributed by atoms with van der Waals surface area (Å²) in [6, 6.07) is 8.58. The number of anilines is 1. The van der Waals surface area contributed by atoms with Crippen LogP contribution in [0.5, 0.6) is 0 Å². The molecule has 0 unspecified atom stereocenters. The second-order valence-corrected chi connectivity index (χ2v) is 8.82. The Hall–Kier alpha value is -2.42. The van der Waals surface area contributed by atoms with Crippen molar-refractivity contribution in [3.8, 4) is 0 Å². The summed E-state index contributed by atoms with van der Waals surface area (Å²) in [5, 5.41) is 9.67. The Labute approximate surface area is 176 Å². The van der Waals surface area contributed by atoms with E-state index in [0.29, 0.717) is 15.6 Å². The molecule has 0 spiro atoms. The Morgan fingerprint density at radius 2 is 1.89 bits per heavy atom. The Balaban J connectivity index is 1.84. The molecule has 1 aromatic carbocycles. The van der Waals surface area contributed by atoms with Crippen molar-refractivity contribution in [2.24, 2.45) is 0 Å². The van der Waals surface area contributed by atoms with Crippen LogP contribution in [0.4, 0.5) is 5.69 Å². The molecule has 3 rings (SSSR count). The number of thiocarbonyl (C=S) groups is 1. The molecule has 0 bridgehead atoms. The lowest BCUT2D eigenvalue weighted by Gasteiger charge is -2.19. The quantitative estimate of drug-likeness (QED) is 0.514. The van der Waals surface area contributed by atoms with Crippen molar-refractivity contribution in [1.82, 2.24) is 10.6 Å². The Kier molecular flexibility index (Phi) is 5.74. The zero-order valence-electron chi connectivity index (χ0n) is 15.4. The molecule has 0 aliphatic carbocycles. The number of fused-ring (bicyclic) bond motifs is 1. The second-order valence-electron chi connectivity index (χ2n) is 7.02. The van der Waals surface area contributed by atoms with Crippen LogP contribution in [0.15, 0.2) is 41.0 Å². The third kappa shape index (κ3) is 4.52. The summed E-state index contributed by atoms with van der Waals surface area (Å²) >= 11 is 12.9. The van der Waals surface area contributed by atoms with Crippen LogP contribution in [0.1, 0.15) is 41.0 Å². The number of rotatable bonds is 3. The predicted octanol–water partition coefficient (Wildman–Crippen LogP) is 4.80. The van der Waals surface area contributed by atoms with Crippen LogP contribution >= 0.6 is 35.2 Å². The van der Waals surface area contributed by atoms with E-state index in [9.17, 15) is 9.59 Å². The van der Waals surface area contributed by atoms with Crippen molar-refractivity contribution in [2.45, 2.75) is 26.3 Å². The molecule has 0 atom stereocenters. The Bertz CT molecular complexity index is 1050. The number of thiophene rings is 1. The molecule has 3 aromatic rings. The summed E-state index contributed by atoms with van der Waals surface area (Å²) in [7, 11) is 0. The van der Waals surface area contributed by atoms with Gasteiger partial charge in [-0.25, -0.2) is 0 Å². The monoisotopic (exact) mass is 435 g/mol. The van der Waals surface area contributed by atoms with Crippen molar-refractivity contribution in [2.75, 3.05) is 5.32 Å². The fraction of sp³-hybridized carbons (Fsp3) is 0.211. The third-order valence-corrected chi connectivity index (χ3v) is 5.52. The van der Waals surface area contributed by atoms with Crippen LogP contribution in [0, 0.1) is 0 Å². The first-order valence-corrected chi connectivity index (χ1v) is 9.95. The average Bonchev–Trinajstić information content (AvgIpc) is 3.22. The predicted molar refractivity (Wildman–Crippen MR) is 116 cm³/mol. The first-order valence-electron chi connectivity index (χ1n) is 8.35. The molecule has 9 heteroatoms. The number of nitrogens with one attached hydrogen (secondary N) is 3. The first kappa shape index (κ1) is 20.3. The number of carbonyl (C=O) groups is 2. The SMILES string of the molecule is CC(C)(C)NC(=O)c1sc2c(NC(=S)NC(=O)c3ccco3)cccc2c1Cl. The average molecular weight is 436 g/mol. The number of carbonyl (C=O) groups excluding carboxylic acids is 2. The van der Waals surface area contributed by atoms with Crippen LogP contribution in [0.2, 0.25) is 5.02 Å². The van der Waals surface area contributed by atoms with Gasteiger partial charge in [0.05, 0.1) is 21.7 Å². The maximum Gasteiger partial charge on any atom is 0.293 e. The first-order chi connectivity index (χ1) is 13.2. The lowest BCUT2D eigenvalue weighted by Crippen LogP contribution is -2.40. The van der Waals surface area contributed by atoms with Crippen LogP contribution in [-0.4, -0.2) is 22.5 Å². The van der Waals surface area contributed by atoms with E-state index in [1.165, 1.54) is 23.7 Å². The largest absolute Gasteiger partial charge is 0.459 e. The van der Waals surface area contributed by atoms with Gasteiger partial charge < -0.3 is 15.1 Å². The van der Waals surface area contributed by atoms with Gasteiger partial charge in [0.1, 0.15) is 4.88 Å². The van der Waals surface area contributed by atoms with Crippen LogP contribution in [-0.2, 0) is 0 Å². The highest BCUT2D eigenvalue weighted by atomic mass is 35.5. The van der Waals surface area contributed by atoms with Crippen molar-refractivity contribution in [3.63, 3.8) is 0 Å². The summed E-state index contributed by atoms with van der Waals surface area (Å²) in [5.41, 5.74) is 0.263. The fourth-order valence-electron chi connectivity index (χ4n) is 2.46. The van der Waals surface area contributed by atoms with Crippen molar-refractivity contribution in [1.29, 1.82) is 0 Å². The molecule has 2 amide bonds. The maximum atomic E-state index is 12.6. The van der Waals surface area contributed by atoms with Gasteiger partial charge in [-0.05, 0) is 51.2 Å². The number of hydrogen-bond acceptors (Lipinski definition) is 5. The molecular weight excluding hydrogens is 418 g/mol. The Morgan fingerprint density at radius 3 is 2.54 bits per heavy atom. The zero-order chi connectivity index (χ0) is 20.5. The van der Waals surface area contributed by atoms with Gasteiger partial charge in [-0.3, -0.25) is 14.9 Å². The number of hydrogen-bond donors (Lipinski definition) is 3. The van der Waals surface area contributed by atoms with E-state index in [-0.39, 0.29) is 22.3 Å². The summed E-state index contributed by atoms with van der Waals surface area (Å²) < 4.78 is 5.81. The maximum absolute atomic E-state index is 12.6. The molecule has 0 fully saturated rings. The minimum Gasteiger partial charge on any atom is -0.459 e. The van der Waals surface area contributed by atoms with E-state index in [1.54, 1.807) is 18.2 Å². The van der Waals surface area contributed by atoms with E-state index in [1.807, 2.05) is 26.8 Å². The van der Waals surface area contributed by atoms with Crippen molar-refractivity contribution < 1.29 is 14.0 Å². The lowest BCUT2D eigenvalue weighted by atomic mass is 10.1. The summed E-state index contributed by atoms with van der Waals surface area (Å²) in [5.74, 6) is -0.537. The molecule has 146 valence electrons. The molecule has 0 radical (unpaired) electrons. The van der Waals surface area contributed by atoms with Gasteiger partial charge in [0.25, 0.3) is 11.8 Å². The van der Waals surface area contributed by atoms with E-state index >= 15 is 0 Å². The standard InChI is InChI=1S/C19H18ClN3O3S2/c1-19(2,3)23-17(25)15-13(20)10-6-4-7-11(14(10)28-15)21-18(27)22-16(24)12-8-5-9-26-12/h4-9H,1-3H3,(H,23,25)(H2,21,22,24,27). The van der Waals surface area contributed by atoms with Crippen LogP contribution in [0.3, 0.4) is 0 Å². The number of furan rings is 1. The minimum atomic E-state index is -0.455. The van der Waals surface area contributed by atoms with Crippen LogP contribution < -0.4 is 16.0 Å². The van der Waals surface area contributed by atoms with Gasteiger partial charge in [-0.2, -0.15) is 0 Å². The number of benzene rings is 1. The molecule has 28 heavy (non-hydrogen) atoms. The van der Waals surface area contributed by atoms with Crippen molar-refractivity contribution in [3.05, 3.63) is 52.3 Å². The molecule has 0 saturated heterocycles. The van der Waals surface area contributed by atoms with Crippen LogP contribution in [0.25, 0.3) is 10.1 Å². The van der Waals surface area contributed by atoms with Gasteiger partial charge in [0.15, 0.2) is 10.9 Å². The summed E-state index contributed by atoms with van der Waals surface area (Å²) in [6.07, 6.45) is 1.41. The molecular formula is C19H18ClN3O3S2. The third-order valence-electron chi connectivity index (χ3n) is 3.57. The molecule has 2 aromatic heterocycles. The molecule has 6 nitrogen and oxygen atoms in total. The summed E-state index contributed by atoms with van der Waals surface area (Å²) in [6.45, 7) is 5.71. The highest BCUT2D eigenvalue weighted by molar-refractivity contribution is 7.80. The van der Waals surface area contributed by atoms with Gasteiger partial charge in [0.2, 0.25) is 0 Å². The zero-order valence-corrected chi connectivity index (χ0v) is 17.8. The fourth-order valence-corrected chi connectivity index (χ4v) is 4.13. The van der Waals surface area contributed by atoms with E-state index in [2.05, 4.69) is 16.0 Å². The topological polar surface area (TPSA) is 83.4 Å². The molecule has 2 heterocycles. The molecule has 0 aliphatic rings. The smallest absolute Gasteiger partial charge is 0.293 e. The normalized spacial score (nSPS) is 11.3. The van der Waals surface area contributed by atoms with E-state index in [0.717, 1.165) is 10.1 Å². The van der Waals surface area contributed by atoms with Crippen molar-refractivity contribution >= 4 is 67.9 Å². The van der Waals surface area contributed by atoms with Gasteiger partial charge in [0, 0.05) is 10.9 Å². The van der Waals surface area contributed by atoms with E-state index in [4.69, 9.17) is 28.2 Å². The highest BCUT2D eigenvalue weighted by Crippen LogP contribution is 2.39. The molecule has 3 N–H and O–H groups in total. The number of halogens is 1. The summed E-state index contributed by atoms with van der Waals surface area (Å²) in [4.78, 5) is 25.0. The second kappa shape index (κ2) is 7.90.